The van der Waals surface area contributed by atoms with Crippen molar-refractivity contribution in [1.29, 1.82) is 0 Å². The summed E-state index contributed by atoms with van der Waals surface area (Å²) in [5.74, 6) is -1.14. The molecule has 0 atom stereocenters. The Labute approximate surface area is 108 Å². The lowest BCUT2D eigenvalue weighted by atomic mass is 10.2. The van der Waals surface area contributed by atoms with E-state index in [1.54, 1.807) is 0 Å². The van der Waals surface area contributed by atoms with E-state index >= 15 is 0 Å². The second kappa shape index (κ2) is 5.30. The van der Waals surface area contributed by atoms with Crippen molar-refractivity contribution in [2.75, 3.05) is 19.6 Å². The Balaban J connectivity index is 2.19. The average molecular weight is 272 g/mol. The van der Waals surface area contributed by atoms with E-state index in [0.29, 0.717) is 13.1 Å². The van der Waals surface area contributed by atoms with Gasteiger partial charge in [-0.1, -0.05) is 11.6 Å². The lowest BCUT2D eigenvalue weighted by molar-refractivity contribution is -0.120. The minimum Gasteiger partial charge on any atom is -0.354 e. The van der Waals surface area contributed by atoms with Crippen molar-refractivity contribution in [3.8, 4) is 0 Å². The summed E-state index contributed by atoms with van der Waals surface area (Å²) >= 11 is 5.77. The van der Waals surface area contributed by atoms with Crippen LogP contribution < -0.4 is 5.32 Å². The van der Waals surface area contributed by atoms with E-state index < -0.39 is 11.7 Å². The molecule has 0 aromatic carbocycles. The summed E-state index contributed by atoms with van der Waals surface area (Å²) in [4.78, 5) is 28.3. The van der Waals surface area contributed by atoms with Gasteiger partial charge >= 0.3 is 0 Å². The van der Waals surface area contributed by atoms with Gasteiger partial charge in [-0.05, 0) is 6.07 Å². The number of hydrogen-bond acceptors (Lipinski definition) is 3. The van der Waals surface area contributed by atoms with E-state index in [1.165, 1.54) is 4.90 Å². The molecule has 1 N–H and O–H groups in total. The molecule has 96 valence electrons. The monoisotopic (exact) mass is 271 g/mol. The van der Waals surface area contributed by atoms with Gasteiger partial charge in [-0.3, -0.25) is 9.59 Å². The van der Waals surface area contributed by atoms with Gasteiger partial charge < -0.3 is 10.2 Å². The van der Waals surface area contributed by atoms with Crippen LogP contribution in [0.3, 0.4) is 0 Å². The van der Waals surface area contributed by atoms with Gasteiger partial charge in [-0.25, -0.2) is 9.37 Å². The zero-order valence-corrected chi connectivity index (χ0v) is 10.2. The topological polar surface area (TPSA) is 62.3 Å². The minimum atomic E-state index is -0.619. The van der Waals surface area contributed by atoms with Gasteiger partial charge in [0.25, 0.3) is 5.91 Å². The molecule has 1 aromatic heterocycles. The van der Waals surface area contributed by atoms with Crippen molar-refractivity contribution < 1.29 is 14.0 Å². The Morgan fingerprint density at radius 3 is 3.06 bits per heavy atom. The summed E-state index contributed by atoms with van der Waals surface area (Å²) in [6, 6.07) is 1.05. The maximum Gasteiger partial charge on any atom is 0.257 e. The second-order valence-corrected chi connectivity index (χ2v) is 4.24. The van der Waals surface area contributed by atoms with Crippen LogP contribution in [0.4, 0.5) is 4.39 Å². The SMILES string of the molecule is O=C1CCN(C(=O)c2cc(F)cnc2Cl)CCN1. The van der Waals surface area contributed by atoms with Crippen LogP contribution in [-0.2, 0) is 4.79 Å². The Morgan fingerprint density at radius 1 is 1.50 bits per heavy atom. The quantitative estimate of drug-likeness (QED) is 0.770. The Hall–Kier alpha value is -1.69. The third-order valence-corrected chi connectivity index (χ3v) is 2.94. The summed E-state index contributed by atoms with van der Waals surface area (Å²) in [6.45, 7) is 1.04. The lowest BCUT2D eigenvalue weighted by Crippen LogP contribution is -2.34. The molecule has 1 aromatic rings. The maximum atomic E-state index is 13.1. The van der Waals surface area contributed by atoms with Crippen molar-refractivity contribution >= 4 is 23.4 Å². The number of amides is 2. The van der Waals surface area contributed by atoms with Gasteiger partial charge in [0.2, 0.25) is 5.91 Å². The van der Waals surface area contributed by atoms with Gasteiger partial charge in [0, 0.05) is 26.1 Å². The van der Waals surface area contributed by atoms with Crippen LogP contribution in [0.1, 0.15) is 16.8 Å². The van der Waals surface area contributed by atoms with E-state index in [1.807, 2.05) is 0 Å². The number of aromatic nitrogens is 1. The molecule has 1 aliphatic heterocycles. The van der Waals surface area contributed by atoms with Crippen LogP contribution >= 0.6 is 11.6 Å². The highest BCUT2D eigenvalue weighted by atomic mass is 35.5. The molecule has 7 heteroatoms. The molecular formula is C11H11ClFN3O2. The predicted octanol–water partition coefficient (Wildman–Crippen LogP) is 0.836. The molecule has 0 radical (unpaired) electrons. The molecule has 0 saturated carbocycles. The highest BCUT2D eigenvalue weighted by Crippen LogP contribution is 2.16. The standard InChI is InChI=1S/C11H11ClFN3O2/c12-10-8(5-7(13)6-15-10)11(18)16-3-1-9(17)14-2-4-16/h5-6H,1-4H2,(H,14,17). The zero-order chi connectivity index (χ0) is 13.1. The first-order valence-corrected chi connectivity index (χ1v) is 5.83. The number of nitrogens with one attached hydrogen (secondary N) is 1. The molecule has 0 unspecified atom stereocenters. The fourth-order valence-electron chi connectivity index (χ4n) is 1.71. The number of halogens is 2. The lowest BCUT2D eigenvalue weighted by Gasteiger charge is -2.19. The fraction of sp³-hybridized carbons (Fsp3) is 0.364. The van der Waals surface area contributed by atoms with E-state index in [4.69, 9.17) is 11.6 Å². The second-order valence-electron chi connectivity index (χ2n) is 3.88. The van der Waals surface area contributed by atoms with Crippen LogP contribution in [0.2, 0.25) is 5.15 Å². The summed E-state index contributed by atoms with van der Waals surface area (Å²) in [5, 5.41) is 2.61. The molecule has 1 fully saturated rings. The smallest absolute Gasteiger partial charge is 0.257 e. The highest BCUT2D eigenvalue weighted by molar-refractivity contribution is 6.32. The van der Waals surface area contributed by atoms with Crippen LogP contribution in [-0.4, -0.2) is 41.3 Å². The molecule has 2 heterocycles. The van der Waals surface area contributed by atoms with Crippen LogP contribution in [0.25, 0.3) is 0 Å². The first-order chi connectivity index (χ1) is 8.58. The molecule has 18 heavy (non-hydrogen) atoms. The van der Waals surface area contributed by atoms with Gasteiger partial charge in [-0.2, -0.15) is 0 Å². The Kier molecular flexibility index (Phi) is 3.76. The first kappa shape index (κ1) is 12.8. The number of pyridine rings is 1. The first-order valence-electron chi connectivity index (χ1n) is 5.45. The predicted molar refractivity (Wildman–Crippen MR) is 62.7 cm³/mol. The van der Waals surface area contributed by atoms with Gasteiger partial charge in [0.15, 0.2) is 0 Å². The van der Waals surface area contributed by atoms with Crippen LogP contribution in [0, 0.1) is 5.82 Å². The molecular weight excluding hydrogens is 261 g/mol. The Morgan fingerprint density at radius 2 is 2.28 bits per heavy atom. The number of nitrogens with zero attached hydrogens (tertiary/aromatic N) is 2. The third-order valence-electron chi connectivity index (χ3n) is 2.64. The van der Waals surface area contributed by atoms with E-state index in [0.717, 1.165) is 12.3 Å². The molecule has 0 spiro atoms. The van der Waals surface area contributed by atoms with Crippen molar-refractivity contribution in [3.05, 3.63) is 28.8 Å². The van der Waals surface area contributed by atoms with E-state index in [2.05, 4.69) is 10.3 Å². The van der Waals surface area contributed by atoms with Crippen molar-refractivity contribution in [2.24, 2.45) is 0 Å². The fourth-order valence-corrected chi connectivity index (χ4v) is 1.90. The van der Waals surface area contributed by atoms with Gasteiger partial charge in [0.05, 0.1) is 11.8 Å². The normalized spacial score (nSPS) is 16.1. The molecule has 0 aliphatic carbocycles. The molecule has 2 rings (SSSR count). The van der Waals surface area contributed by atoms with Crippen molar-refractivity contribution in [2.45, 2.75) is 6.42 Å². The number of hydrogen-bond donors (Lipinski definition) is 1. The van der Waals surface area contributed by atoms with Crippen LogP contribution in [0.15, 0.2) is 12.3 Å². The zero-order valence-electron chi connectivity index (χ0n) is 9.45. The van der Waals surface area contributed by atoms with E-state index in [9.17, 15) is 14.0 Å². The maximum absolute atomic E-state index is 13.1. The molecule has 5 nitrogen and oxygen atoms in total. The summed E-state index contributed by atoms with van der Waals surface area (Å²) in [5.41, 5.74) is 0.0195. The van der Waals surface area contributed by atoms with Crippen molar-refractivity contribution in [3.63, 3.8) is 0 Å². The molecule has 0 bridgehead atoms. The minimum absolute atomic E-state index is 0.0195. The number of carbonyl (C=O) groups excluding carboxylic acids is 2. The van der Waals surface area contributed by atoms with Crippen molar-refractivity contribution in [1.82, 2.24) is 15.2 Å². The molecule has 2 amide bonds. The molecule has 1 saturated heterocycles. The van der Waals surface area contributed by atoms with Gasteiger partial charge in [0.1, 0.15) is 11.0 Å². The number of carbonyl (C=O) groups is 2. The molecule has 1 aliphatic rings. The number of rotatable bonds is 1. The van der Waals surface area contributed by atoms with Crippen LogP contribution in [0.5, 0.6) is 0 Å². The largest absolute Gasteiger partial charge is 0.354 e. The van der Waals surface area contributed by atoms with E-state index in [-0.39, 0.29) is 29.6 Å². The van der Waals surface area contributed by atoms with Gasteiger partial charge in [-0.15, -0.1) is 0 Å². The summed E-state index contributed by atoms with van der Waals surface area (Å²) in [7, 11) is 0. The average Bonchev–Trinajstić information content (AvgIpc) is 2.56. The highest BCUT2D eigenvalue weighted by Gasteiger charge is 2.22. The summed E-state index contributed by atoms with van der Waals surface area (Å²) in [6.07, 6.45) is 1.18. The Bertz CT molecular complexity index is 495. The summed E-state index contributed by atoms with van der Waals surface area (Å²) < 4.78 is 13.1. The third kappa shape index (κ3) is 2.76.